The van der Waals surface area contributed by atoms with Crippen LogP contribution < -0.4 is 5.32 Å². The van der Waals surface area contributed by atoms with Gasteiger partial charge in [-0.05, 0) is 42.8 Å². The van der Waals surface area contributed by atoms with E-state index in [4.69, 9.17) is 0 Å². The summed E-state index contributed by atoms with van der Waals surface area (Å²) < 4.78 is 1.87. The topological polar surface area (TPSA) is 80.1 Å². The highest BCUT2D eigenvalue weighted by atomic mass is 32.2. The normalized spacial score (nSPS) is 10.5. The van der Waals surface area contributed by atoms with E-state index in [9.17, 15) is 9.59 Å². The highest BCUT2D eigenvalue weighted by molar-refractivity contribution is 7.99. The van der Waals surface area contributed by atoms with Gasteiger partial charge in [0, 0.05) is 25.3 Å². The minimum Gasteiger partial charge on any atom is -0.345 e. The van der Waals surface area contributed by atoms with Crippen molar-refractivity contribution in [1.29, 1.82) is 0 Å². The summed E-state index contributed by atoms with van der Waals surface area (Å²) >= 11 is 1.31. The molecular formula is C20H21N5O2S. The maximum atomic E-state index is 12.3. The molecule has 0 aliphatic rings. The lowest BCUT2D eigenvalue weighted by Crippen LogP contribution is -2.21. The first-order valence-corrected chi connectivity index (χ1v) is 9.64. The number of carbonyl (C=O) groups is 2. The summed E-state index contributed by atoms with van der Waals surface area (Å²) in [6, 6.07) is 14.7. The molecule has 0 fully saturated rings. The highest BCUT2D eigenvalue weighted by Crippen LogP contribution is 2.22. The second-order valence-corrected chi connectivity index (χ2v) is 7.33. The highest BCUT2D eigenvalue weighted by Gasteiger charge is 2.12. The van der Waals surface area contributed by atoms with Crippen LogP contribution in [0.3, 0.4) is 0 Å². The van der Waals surface area contributed by atoms with Crippen molar-refractivity contribution in [3.05, 3.63) is 66.0 Å². The summed E-state index contributed by atoms with van der Waals surface area (Å²) in [6.07, 6.45) is 1.64. The molecule has 0 spiro atoms. The smallest absolute Gasteiger partial charge is 0.253 e. The number of nitrogens with one attached hydrogen (secondary N) is 1. The van der Waals surface area contributed by atoms with Crippen LogP contribution in [-0.2, 0) is 4.79 Å². The molecule has 144 valence electrons. The van der Waals surface area contributed by atoms with Gasteiger partial charge in [-0.3, -0.25) is 14.2 Å². The van der Waals surface area contributed by atoms with Gasteiger partial charge in [-0.25, -0.2) is 0 Å². The van der Waals surface area contributed by atoms with Crippen LogP contribution in [0.15, 0.2) is 60.0 Å². The van der Waals surface area contributed by atoms with Gasteiger partial charge in [0.25, 0.3) is 5.91 Å². The molecule has 8 heteroatoms. The maximum absolute atomic E-state index is 12.3. The Labute approximate surface area is 167 Å². The molecule has 0 saturated heterocycles. The fraction of sp³-hybridized carbons (Fsp3) is 0.200. The largest absolute Gasteiger partial charge is 0.345 e. The summed E-state index contributed by atoms with van der Waals surface area (Å²) in [7, 11) is 3.40. The predicted molar refractivity (Wildman–Crippen MR) is 110 cm³/mol. The second-order valence-electron chi connectivity index (χ2n) is 6.38. The van der Waals surface area contributed by atoms with Gasteiger partial charge >= 0.3 is 0 Å². The van der Waals surface area contributed by atoms with Crippen LogP contribution in [0.4, 0.5) is 5.69 Å². The van der Waals surface area contributed by atoms with Crippen LogP contribution in [0.2, 0.25) is 0 Å². The van der Waals surface area contributed by atoms with Crippen molar-refractivity contribution in [2.45, 2.75) is 12.1 Å². The molecule has 0 atom stereocenters. The Morgan fingerprint density at radius 3 is 2.50 bits per heavy atom. The molecule has 0 bridgehead atoms. The SMILES string of the molecule is Cc1ccccc1-n1cnnc1SCC(=O)Nc1ccc(C(=O)N(C)C)cc1. The van der Waals surface area contributed by atoms with Gasteiger partial charge in [0.2, 0.25) is 5.91 Å². The van der Waals surface area contributed by atoms with Crippen LogP contribution in [0, 0.1) is 6.92 Å². The van der Waals surface area contributed by atoms with E-state index < -0.39 is 0 Å². The molecule has 0 unspecified atom stereocenters. The number of hydrogen-bond acceptors (Lipinski definition) is 5. The van der Waals surface area contributed by atoms with E-state index in [2.05, 4.69) is 15.5 Å². The number of amides is 2. The predicted octanol–water partition coefficient (Wildman–Crippen LogP) is 3.01. The number of nitrogens with zero attached hydrogens (tertiary/aromatic N) is 4. The van der Waals surface area contributed by atoms with E-state index in [0.717, 1.165) is 11.3 Å². The Balaban J connectivity index is 1.61. The number of benzene rings is 2. The minimum atomic E-state index is -0.156. The third-order valence-electron chi connectivity index (χ3n) is 4.05. The Hall–Kier alpha value is -3.13. The first kappa shape index (κ1) is 19.6. The molecule has 0 saturated carbocycles. The van der Waals surface area contributed by atoms with Gasteiger partial charge in [0.1, 0.15) is 6.33 Å². The van der Waals surface area contributed by atoms with Crippen LogP contribution >= 0.6 is 11.8 Å². The first-order chi connectivity index (χ1) is 13.5. The summed E-state index contributed by atoms with van der Waals surface area (Å²) in [4.78, 5) is 25.7. The zero-order chi connectivity index (χ0) is 20.1. The first-order valence-electron chi connectivity index (χ1n) is 8.66. The quantitative estimate of drug-likeness (QED) is 0.649. The van der Waals surface area contributed by atoms with E-state index in [-0.39, 0.29) is 17.6 Å². The number of hydrogen-bond donors (Lipinski definition) is 1. The minimum absolute atomic E-state index is 0.0797. The summed E-state index contributed by atoms with van der Waals surface area (Å²) in [6.45, 7) is 2.02. The molecule has 2 amide bonds. The van der Waals surface area contributed by atoms with E-state index >= 15 is 0 Å². The molecule has 7 nitrogen and oxygen atoms in total. The number of rotatable bonds is 6. The number of para-hydroxylation sites is 1. The van der Waals surface area contributed by atoms with Crippen molar-refractivity contribution in [3.8, 4) is 5.69 Å². The lowest BCUT2D eigenvalue weighted by atomic mass is 10.2. The van der Waals surface area contributed by atoms with Crippen molar-refractivity contribution in [2.24, 2.45) is 0 Å². The summed E-state index contributed by atoms with van der Waals surface area (Å²) in [5.74, 6) is -0.0387. The fourth-order valence-corrected chi connectivity index (χ4v) is 3.33. The molecule has 0 aliphatic heterocycles. The van der Waals surface area contributed by atoms with E-state index in [0.29, 0.717) is 16.4 Å². The zero-order valence-electron chi connectivity index (χ0n) is 15.9. The lowest BCUT2D eigenvalue weighted by molar-refractivity contribution is -0.113. The molecule has 0 aliphatic carbocycles. The van der Waals surface area contributed by atoms with Gasteiger partial charge in [0.15, 0.2) is 5.16 Å². The van der Waals surface area contributed by atoms with Crippen molar-refractivity contribution in [1.82, 2.24) is 19.7 Å². The lowest BCUT2D eigenvalue weighted by Gasteiger charge is -2.11. The number of thioether (sulfide) groups is 1. The Morgan fingerprint density at radius 1 is 1.11 bits per heavy atom. The van der Waals surface area contributed by atoms with Crippen LogP contribution in [-0.4, -0.2) is 51.3 Å². The van der Waals surface area contributed by atoms with E-state index in [1.807, 2.05) is 35.8 Å². The summed E-state index contributed by atoms with van der Waals surface area (Å²) in [5.41, 5.74) is 3.29. The van der Waals surface area contributed by atoms with Crippen LogP contribution in [0.5, 0.6) is 0 Å². The maximum Gasteiger partial charge on any atom is 0.253 e. The monoisotopic (exact) mass is 395 g/mol. The summed E-state index contributed by atoms with van der Waals surface area (Å²) in [5, 5.41) is 11.6. The molecule has 28 heavy (non-hydrogen) atoms. The molecule has 3 rings (SSSR count). The number of anilines is 1. The zero-order valence-corrected chi connectivity index (χ0v) is 16.7. The number of aromatic nitrogens is 3. The Bertz CT molecular complexity index is 982. The molecule has 0 radical (unpaired) electrons. The Morgan fingerprint density at radius 2 is 1.82 bits per heavy atom. The molecule has 1 N–H and O–H groups in total. The standard InChI is InChI=1S/C20H21N5O2S/c1-14-6-4-5-7-17(14)25-13-21-23-20(25)28-12-18(26)22-16-10-8-15(9-11-16)19(27)24(2)3/h4-11,13H,12H2,1-3H3,(H,22,26). The van der Waals surface area contributed by atoms with Crippen LogP contribution in [0.25, 0.3) is 5.69 Å². The van der Waals surface area contributed by atoms with E-state index in [1.54, 1.807) is 44.7 Å². The van der Waals surface area contributed by atoms with Crippen LogP contribution in [0.1, 0.15) is 15.9 Å². The van der Waals surface area contributed by atoms with Gasteiger partial charge in [0.05, 0.1) is 11.4 Å². The molecular weight excluding hydrogens is 374 g/mol. The molecule has 1 heterocycles. The molecule has 1 aromatic heterocycles. The van der Waals surface area contributed by atoms with Crippen molar-refractivity contribution in [2.75, 3.05) is 25.2 Å². The van der Waals surface area contributed by atoms with Gasteiger partial charge < -0.3 is 10.2 Å². The number of aryl methyl sites for hydroxylation is 1. The molecule has 2 aromatic carbocycles. The fourth-order valence-electron chi connectivity index (χ4n) is 2.60. The second kappa shape index (κ2) is 8.71. The van der Waals surface area contributed by atoms with Crippen molar-refractivity contribution in [3.63, 3.8) is 0 Å². The third kappa shape index (κ3) is 4.58. The van der Waals surface area contributed by atoms with Gasteiger partial charge in [-0.1, -0.05) is 30.0 Å². The van der Waals surface area contributed by atoms with Gasteiger partial charge in [-0.15, -0.1) is 10.2 Å². The number of carbonyl (C=O) groups excluding carboxylic acids is 2. The van der Waals surface area contributed by atoms with Crippen molar-refractivity contribution >= 4 is 29.3 Å². The molecule has 3 aromatic rings. The van der Waals surface area contributed by atoms with E-state index in [1.165, 1.54) is 16.7 Å². The third-order valence-corrected chi connectivity index (χ3v) is 4.99. The average Bonchev–Trinajstić information content (AvgIpc) is 3.15. The van der Waals surface area contributed by atoms with Crippen molar-refractivity contribution < 1.29 is 9.59 Å². The Kier molecular flexibility index (Phi) is 6.10. The average molecular weight is 395 g/mol. The van der Waals surface area contributed by atoms with Gasteiger partial charge in [-0.2, -0.15) is 0 Å².